The first-order valence-corrected chi connectivity index (χ1v) is 5.64. The van der Waals surface area contributed by atoms with Gasteiger partial charge in [0.05, 0.1) is 6.54 Å². The zero-order valence-electron chi connectivity index (χ0n) is 9.49. The number of aromatic nitrogens is 1. The Morgan fingerprint density at radius 1 is 1.50 bits per heavy atom. The maximum atomic E-state index is 11.4. The lowest BCUT2D eigenvalue weighted by atomic mass is 10.2. The van der Waals surface area contributed by atoms with Crippen LogP contribution in [0.15, 0.2) is 18.5 Å². The smallest absolute Gasteiger partial charge is 0.234 e. The second-order valence-electron chi connectivity index (χ2n) is 4.32. The summed E-state index contributed by atoms with van der Waals surface area (Å²) in [4.78, 5) is 15.5. The van der Waals surface area contributed by atoms with Gasteiger partial charge < -0.3 is 10.6 Å². The van der Waals surface area contributed by atoms with Gasteiger partial charge in [0.15, 0.2) is 0 Å². The maximum absolute atomic E-state index is 11.4. The van der Waals surface area contributed by atoms with Crippen molar-refractivity contribution in [3.63, 3.8) is 0 Å². The molecule has 1 aromatic rings. The number of hydrogen-bond donors (Lipinski definition) is 2. The van der Waals surface area contributed by atoms with Gasteiger partial charge in [0, 0.05) is 25.0 Å². The number of nitrogens with one attached hydrogen (secondary N) is 2. The van der Waals surface area contributed by atoms with Crippen LogP contribution in [0.3, 0.4) is 0 Å². The zero-order valence-corrected chi connectivity index (χ0v) is 9.49. The Morgan fingerprint density at radius 2 is 2.31 bits per heavy atom. The van der Waals surface area contributed by atoms with Crippen LogP contribution in [0.4, 0.5) is 0 Å². The summed E-state index contributed by atoms with van der Waals surface area (Å²) in [5.74, 6) is 0.0862. The number of pyridine rings is 1. The normalized spacial score (nSPS) is 14.8. The number of hydrogen-bond acceptors (Lipinski definition) is 3. The van der Waals surface area contributed by atoms with Crippen molar-refractivity contribution in [3.8, 4) is 0 Å². The predicted molar refractivity (Wildman–Crippen MR) is 61.8 cm³/mol. The van der Waals surface area contributed by atoms with Gasteiger partial charge in [0.25, 0.3) is 0 Å². The minimum absolute atomic E-state index is 0.0862. The highest BCUT2D eigenvalue weighted by atomic mass is 16.2. The van der Waals surface area contributed by atoms with E-state index in [1.807, 2.05) is 19.3 Å². The van der Waals surface area contributed by atoms with Gasteiger partial charge in [-0.1, -0.05) is 6.07 Å². The Kier molecular flexibility index (Phi) is 3.51. The third-order valence-corrected chi connectivity index (χ3v) is 2.49. The zero-order chi connectivity index (χ0) is 11.4. The van der Waals surface area contributed by atoms with Crippen molar-refractivity contribution in [1.82, 2.24) is 15.6 Å². The van der Waals surface area contributed by atoms with E-state index in [2.05, 4.69) is 21.7 Å². The second kappa shape index (κ2) is 5.07. The Labute approximate surface area is 95.5 Å². The quantitative estimate of drug-likeness (QED) is 0.768. The fraction of sp³-hybridized carbons (Fsp3) is 0.500. The molecule has 0 saturated heterocycles. The highest BCUT2D eigenvalue weighted by Gasteiger charge is 2.22. The molecule has 0 unspecified atom stereocenters. The Hall–Kier alpha value is -1.42. The van der Waals surface area contributed by atoms with Crippen LogP contribution in [-0.4, -0.2) is 23.5 Å². The lowest BCUT2D eigenvalue weighted by molar-refractivity contribution is -0.120. The Morgan fingerprint density at radius 3 is 3.00 bits per heavy atom. The average Bonchev–Trinajstić information content (AvgIpc) is 3.02. The minimum Gasteiger partial charge on any atom is -0.352 e. The third kappa shape index (κ3) is 3.62. The number of carbonyl (C=O) groups excluding carboxylic acids is 1. The summed E-state index contributed by atoms with van der Waals surface area (Å²) in [6.07, 6.45) is 5.91. The lowest BCUT2D eigenvalue weighted by Crippen LogP contribution is -2.34. The van der Waals surface area contributed by atoms with Crippen LogP contribution in [0.1, 0.15) is 24.0 Å². The molecule has 1 aliphatic rings. The largest absolute Gasteiger partial charge is 0.352 e. The molecule has 0 aliphatic heterocycles. The number of nitrogens with zero attached hydrogens (tertiary/aromatic N) is 1. The Balaban J connectivity index is 1.68. The van der Waals surface area contributed by atoms with Crippen molar-refractivity contribution in [1.29, 1.82) is 0 Å². The minimum atomic E-state index is 0.0862. The van der Waals surface area contributed by atoms with E-state index in [9.17, 15) is 4.79 Å². The molecule has 4 heteroatoms. The summed E-state index contributed by atoms with van der Waals surface area (Å²) in [7, 11) is 0. The van der Waals surface area contributed by atoms with E-state index < -0.39 is 0 Å². The molecule has 0 atom stereocenters. The highest BCUT2D eigenvalue weighted by Crippen LogP contribution is 2.18. The van der Waals surface area contributed by atoms with E-state index in [0.717, 1.165) is 24.0 Å². The van der Waals surface area contributed by atoms with Gasteiger partial charge in [0.1, 0.15) is 0 Å². The summed E-state index contributed by atoms with van der Waals surface area (Å²) in [6, 6.07) is 2.51. The van der Waals surface area contributed by atoms with Gasteiger partial charge in [0.2, 0.25) is 5.91 Å². The molecule has 1 aliphatic carbocycles. The molecule has 86 valence electrons. The van der Waals surface area contributed by atoms with Gasteiger partial charge >= 0.3 is 0 Å². The summed E-state index contributed by atoms with van der Waals surface area (Å²) in [6.45, 7) is 3.08. The van der Waals surface area contributed by atoms with Crippen molar-refractivity contribution < 1.29 is 4.79 Å². The van der Waals surface area contributed by atoms with Crippen LogP contribution >= 0.6 is 0 Å². The van der Waals surface area contributed by atoms with Gasteiger partial charge in [-0.15, -0.1) is 0 Å². The van der Waals surface area contributed by atoms with Gasteiger partial charge in [-0.25, -0.2) is 0 Å². The highest BCUT2D eigenvalue weighted by molar-refractivity contribution is 5.78. The molecule has 0 bridgehead atoms. The summed E-state index contributed by atoms with van der Waals surface area (Å²) < 4.78 is 0. The second-order valence-corrected chi connectivity index (χ2v) is 4.32. The summed E-state index contributed by atoms with van der Waals surface area (Å²) in [5.41, 5.74) is 2.25. The van der Waals surface area contributed by atoms with Crippen molar-refractivity contribution in [2.75, 3.05) is 6.54 Å². The molecule has 0 radical (unpaired) electrons. The Bertz CT molecular complexity index is 374. The topological polar surface area (TPSA) is 54.0 Å². The third-order valence-electron chi connectivity index (χ3n) is 2.49. The molecule has 16 heavy (non-hydrogen) atoms. The van der Waals surface area contributed by atoms with E-state index in [-0.39, 0.29) is 5.91 Å². The molecular weight excluding hydrogens is 202 g/mol. The van der Waals surface area contributed by atoms with Crippen molar-refractivity contribution >= 4 is 5.91 Å². The lowest BCUT2D eigenvalue weighted by Gasteiger charge is -2.05. The fourth-order valence-electron chi connectivity index (χ4n) is 1.54. The standard InChI is InChI=1S/C12H17N3O/c1-9-4-10(6-13-5-9)7-14-8-12(16)15-11-2-3-11/h4-6,11,14H,2-3,7-8H2,1H3,(H,15,16). The van der Waals surface area contributed by atoms with Crippen LogP contribution in [-0.2, 0) is 11.3 Å². The molecule has 1 fully saturated rings. The number of aryl methyl sites for hydroxylation is 1. The van der Waals surface area contributed by atoms with E-state index in [1.54, 1.807) is 0 Å². The first kappa shape index (κ1) is 11.1. The van der Waals surface area contributed by atoms with Crippen molar-refractivity contribution in [2.45, 2.75) is 32.4 Å². The first-order valence-electron chi connectivity index (χ1n) is 5.64. The van der Waals surface area contributed by atoms with E-state index >= 15 is 0 Å². The maximum Gasteiger partial charge on any atom is 0.234 e. The molecule has 1 amide bonds. The summed E-state index contributed by atoms with van der Waals surface area (Å²) in [5, 5.41) is 6.04. The first-order chi connectivity index (χ1) is 7.74. The molecule has 4 nitrogen and oxygen atoms in total. The van der Waals surface area contributed by atoms with Gasteiger partial charge in [-0.05, 0) is 30.9 Å². The average molecular weight is 219 g/mol. The molecule has 1 aromatic heterocycles. The van der Waals surface area contributed by atoms with Crippen LogP contribution in [0.5, 0.6) is 0 Å². The van der Waals surface area contributed by atoms with E-state index in [1.165, 1.54) is 0 Å². The van der Waals surface area contributed by atoms with Crippen LogP contribution in [0.25, 0.3) is 0 Å². The summed E-state index contributed by atoms with van der Waals surface area (Å²) >= 11 is 0. The molecule has 0 spiro atoms. The molecule has 2 N–H and O–H groups in total. The SMILES string of the molecule is Cc1cncc(CNCC(=O)NC2CC2)c1. The molecular formula is C12H17N3O. The van der Waals surface area contributed by atoms with Gasteiger partial charge in [-0.2, -0.15) is 0 Å². The number of rotatable bonds is 5. The molecule has 1 heterocycles. The molecule has 1 saturated carbocycles. The number of carbonyl (C=O) groups is 1. The molecule has 0 aromatic carbocycles. The van der Waals surface area contributed by atoms with E-state index in [0.29, 0.717) is 19.1 Å². The number of amides is 1. The monoisotopic (exact) mass is 219 g/mol. The van der Waals surface area contributed by atoms with E-state index in [4.69, 9.17) is 0 Å². The van der Waals surface area contributed by atoms with Crippen LogP contribution in [0.2, 0.25) is 0 Å². The molecule has 2 rings (SSSR count). The van der Waals surface area contributed by atoms with Crippen molar-refractivity contribution in [2.24, 2.45) is 0 Å². The predicted octanol–water partition coefficient (Wildman–Crippen LogP) is 0.758. The van der Waals surface area contributed by atoms with Crippen molar-refractivity contribution in [3.05, 3.63) is 29.6 Å². The van der Waals surface area contributed by atoms with Crippen LogP contribution in [0, 0.1) is 6.92 Å². The van der Waals surface area contributed by atoms with Gasteiger partial charge in [-0.3, -0.25) is 9.78 Å². The fourth-order valence-corrected chi connectivity index (χ4v) is 1.54. The van der Waals surface area contributed by atoms with Crippen LogP contribution < -0.4 is 10.6 Å².